The summed E-state index contributed by atoms with van der Waals surface area (Å²) in [6.07, 6.45) is 2.96. The minimum atomic E-state index is -0.706. The van der Waals surface area contributed by atoms with Crippen molar-refractivity contribution in [2.24, 2.45) is 0 Å². The fraction of sp³-hybridized carbons (Fsp3) is 0.545. The van der Waals surface area contributed by atoms with Gasteiger partial charge in [0.1, 0.15) is 5.82 Å². The zero-order valence-electron chi connectivity index (χ0n) is 9.15. The maximum absolute atomic E-state index is 10.2. The van der Waals surface area contributed by atoms with E-state index in [1.807, 2.05) is 0 Å². The number of nitrogens with two attached hydrogens (primary N) is 1. The Hall–Kier alpha value is -1.33. The summed E-state index contributed by atoms with van der Waals surface area (Å²) < 4.78 is 5.21. The van der Waals surface area contributed by atoms with E-state index >= 15 is 0 Å². The van der Waals surface area contributed by atoms with Crippen LogP contribution in [-0.2, 0) is 4.74 Å². The van der Waals surface area contributed by atoms with Gasteiger partial charge in [0.2, 0.25) is 0 Å². The minimum absolute atomic E-state index is 0.456. The highest BCUT2D eigenvalue weighted by Gasteiger charge is 2.29. The largest absolute Gasteiger partial charge is 0.396 e. The van der Waals surface area contributed by atoms with Gasteiger partial charge in [-0.2, -0.15) is 0 Å². The molecule has 0 amide bonds. The summed E-state index contributed by atoms with van der Waals surface area (Å²) >= 11 is 0. The molecule has 1 fully saturated rings. The average molecular weight is 223 g/mol. The predicted octanol–water partition coefficient (Wildman–Crippen LogP) is 0.617. The number of rotatable bonds is 3. The van der Waals surface area contributed by atoms with Crippen LogP contribution in [-0.4, -0.2) is 35.5 Å². The molecule has 1 aliphatic heterocycles. The van der Waals surface area contributed by atoms with Gasteiger partial charge in [-0.1, -0.05) is 0 Å². The van der Waals surface area contributed by atoms with E-state index in [-0.39, 0.29) is 0 Å². The summed E-state index contributed by atoms with van der Waals surface area (Å²) in [5.74, 6) is 0.627. The van der Waals surface area contributed by atoms with Crippen molar-refractivity contribution in [2.75, 3.05) is 30.8 Å². The quantitative estimate of drug-likeness (QED) is 0.700. The van der Waals surface area contributed by atoms with Crippen molar-refractivity contribution in [1.82, 2.24) is 4.98 Å². The fourth-order valence-electron chi connectivity index (χ4n) is 1.74. The molecule has 1 aromatic rings. The van der Waals surface area contributed by atoms with Crippen molar-refractivity contribution in [3.8, 4) is 0 Å². The van der Waals surface area contributed by atoms with Gasteiger partial charge in [-0.05, 0) is 12.1 Å². The van der Waals surface area contributed by atoms with Crippen LogP contribution in [0.3, 0.4) is 0 Å². The summed E-state index contributed by atoms with van der Waals surface area (Å²) in [5.41, 5.74) is 5.64. The third-order valence-electron chi connectivity index (χ3n) is 2.85. The monoisotopic (exact) mass is 223 g/mol. The first-order valence-corrected chi connectivity index (χ1v) is 5.44. The van der Waals surface area contributed by atoms with Crippen molar-refractivity contribution >= 4 is 11.5 Å². The van der Waals surface area contributed by atoms with Gasteiger partial charge < -0.3 is 20.9 Å². The van der Waals surface area contributed by atoms with Crippen molar-refractivity contribution in [3.05, 3.63) is 18.3 Å². The SMILES string of the molecule is Nc1cccnc1NCC1(O)CCOCC1. The molecule has 5 nitrogen and oxygen atoms in total. The van der Waals surface area contributed by atoms with Crippen LogP contribution in [0.5, 0.6) is 0 Å². The summed E-state index contributed by atoms with van der Waals surface area (Å²) in [6, 6.07) is 3.56. The van der Waals surface area contributed by atoms with Crippen molar-refractivity contribution in [1.29, 1.82) is 0 Å². The van der Waals surface area contributed by atoms with E-state index in [1.54, 1.807) is 18.3 Å². The highest BCUT2D eigenvalue weighted by atomic mass is 16.5. The molecule has 0 unspecified atom stereocenters. The van der Waals surface area contributed by atoms with Crippen LogP contribution in [0.1, 0.15) is 12.8 Å². The Labute approximate surface area is 94.6 Å². The predicted molar refractivity (Wildman–Crippen MR) is 62.1 cm³/mol. The molecule has 0 saturated carbocycles. The van der Waals surface area contributed by atoms with Crippen LogP contribution in [0.2, 0.25) is 0 Å². The lowest BCUT2D eigenvalue weighted by Crippen LogP contribution is -2.42. The number of aromatic nitrogens is 1. The third kappa shape index (κ3) is 2.62. The van der Waals surface area contributed by atoms with E-state index in [1.165, 1.54) is 0 Å². The molecular formula is C11H17N3O2. The second-order valence-electron chi connectivity index (χ2n) is 4.13. The molecule has 0 radical (unpaired) electrons. The number of hydrogen-bond acceptors (Lipinski definition) is 5. The molecule has 16 heavy (non-hydrogen) atoms. The average Bonchev–Trinajstić information content (AvgIpc) is 2.29. The molecule has 0 aliphatic carbocycles. The zero-order chi connectivity index (χ0) is 11.4. The summed E-state index contributed by atoms with van der Waals surface area (Å²) in [4.78, 5) is 4.12. The van der Waals surface area contributed by atoms with Gasteiger partial charge in [-0.3, -0.25) is 0 Å². The lowest BCUT2D eigenvalue weighted by Gasteiger charge is -2.32. The topological polar surface area (TPSA) is 80.4 Å². The number of ether oxygens (including phenoxy) is 1. The van der Waals surface area contributed by atoms with Crippen molar-refractivity contribution in [3.63, 3.8) is 0 Å². The second kappa shape index (κ2) is 4.67. The van der Waals surface area contributed by atoms with Crippen LogP contribution < -0.4 is 11.1 Å². The van der Waals surface area contributed by atoms with E-state index in [2.05, 4.69) is 10.3 Å². The van der Waals surface area contributed by atoms with E-state index in [4.69, 9.17) is 10.5 Å². The number of aliphatic hydroxyl groups is 1. The van der Waals surface area contributed by atoms with Crippen LogP contribution in [0, 0.1) is 0 Å². The summed E-state index contributed by atoms with van der Waals surface area (Å²) in [6.45, 7) is 1.67. The maximum atomic E-state index is 10.2. The number of nitrogens with one attached hydrogen (secondary N) is 1. The smallest absolute Gasteiger partial charge is 0.149 e. The molecule has 5 heteroatoms. The molecule has 88 valence electrons. The van der Waals surface area contributed by atoms with Gasteiger partial charge in [0.15, 0.2) is 0 Å². The highest BCUT2D eigenvalue weighted by Crippen LogP contribution is 2.22. The van der Waals surface area contributed by atoms with E-state index in [9.17, 15) is 5.11 Å². The molecular weight excluding hydrogens is 206 g/mol. The molecule has 1 saturated heterocycles. The van der Waals surface area contributed by atoms with E-state index in [0.717, 1.165) is 0 Å². The Morgan fingerprint density at radius 3 is 2.94 bits per heavy atom. The molecule has 1 aromatic heterocycles. The number of hydrogen-bond donors (Lipinski definition) is 3. The maximum Gasteiger partial charge on any atom is 0.149 e. The Morgan fingerprint density at radius 1 is 1.50 bits per heavy atom. The second-order valence-corrected chi connectivity index (χ2v) is 4.13. The first kappa shape index (κ1) is 11.2. The molecule has 4 N–H and O–H groups in total. The van der Waals surface area contributed by atoms with Crippen LogP contribution in [0.4, 0.5) is 11.5 Å². The summed E-state index contributed by atoms with van der Waals surface area (Å²) in [7, 11) is 0. The molecule has 2 heterocycles. The highest BCUT2D eigenvalue weighted by molar-refractivity contribution is 5.60. The van der Waals surface area contributed by atoms with Crippen molar-refractivity contribution < 1.29 is 9.84 Å². The zero-order valence-corrected chi connectivity index (χ0v) is 9.15. The molecule has 0 bridgehead atoms. The lowest BCUT2D eigenvalue weighted by molar-refractivity contribution is -0.0543. The standard InChI is InChI=1S/C11H17N3O2/c12-9-2-1-5-13-10(9)14-8-11(15)3-6-16-7-4-11/h1-2,5,15H,3-4,6-8,12H2,(H,13,14). The molecule has 0 aromatic carbocycles. The lowest BCUT2D eigenvalue weighted by atomic mass is 9.94. The Balaban J connectivity index is 1.94. The minimum Gasteiger partial charge on any atom is -0.396 e. The number of pyridine rings is 1. The van der Waals surface area contributed by atoms with Gasteiger partial charge in [0, 0.05) is 38.8 Å². The van der Waals surface area contributed by atoms with Gasteiger partial charge in [-0.25, -0.2) is 4.98 Å². The number of nitrogens with zero attached hydrogens (tertiary/aromatic N) is 1. The molecule has 2 rings (SSSR count). The van der Waals surface area contributed by atoms with Gasteiger partial charge in [0.25, 0.3) is 0 Å². The van der Waals surface area contributed by atoms with Crippen LogP contribution >= 0.6 is 0 Å². The molecule has 0 atom stereocenters. The van der Waals surface area contributed by atoms with E-state index < -0.39 is 5.60 Å². The first-order valence-electron chi connectivity index (χ1n) is 5.44. The van der Waals surface area contributed by atoms with Crippen LogP contribution in [0.25, 0.3) is 0 Å². The Morgan fingerprint density at radius 2 is 2.25 bits per heavy atom. The molecule has 1 aliphatic rings. The Bertz CT molecular complexity index is 351. The van der Waals surface area contributed by atoms with Gasteiger partial charge >= 0.3 is 0 Å². The normalized spacial score (nSPS) is 19.3. The third-order valence-corrected chi connectivity index (χ3v) is 2.85. The number of nitrogen functional groups attached to an aromatic ring is 1. The first-order chi connectivity index (χ1) is 7.70. The van der Waals surface area contributed by atoms with E-state index in [0.29, 0.717) is 44.1 Å². The van der Waals surface area contributed by atoms with Crippen molar-refractivity contribution in [2.45, 2.75) is 18.4 Å². The Kier molecular flexibility index (Phi) is 3.26. The van der Waals surface area contributed by atoms with Gasteiger partial charge in [0.05, 0.1) is 11.3 Å². The van der Waals surface area contributed by atoms with Crippen LogP contribution in [0.15, 0.2) is 18.3 Å². The fourth-order valence-corrected chi connectivity index (χ4v) is 1.74. The summed E-state index contributed by atoms with van der Waals surface area (Å²) in [5, 5.41) is 13.3. The number of anilines is 2. The molecule has 0 spiro atoms. The van der Waals surface area contributed by atoms with Gasteiger partial charge in [-0.15, -0.1) is 0 Å².